The molecule has 1 unspecified atom stereocenters. The molecule has 0 bridgehead atoms. The lowest BCUT2D eigenvalue weighted by Crippen LogP contribution is -2.39. The van der Waals surface area contributed by atoms with Gasteiger partial charge in [-0.25, -0.2) is 0 Å². The molecule has 1 N–H and O–H groups in total. The van der Waals surface area contributed by atoms with Crippen LogP contribution in [0, 0.1) is 6.92 Å². The molecule has 7 nitrogen and oxygen atoms in total. The molecule has 1 aliphatic rings. The molecule has 122 valence electrons. The van der Waals surface area contributed by atoms with E-state index >= 15 is 0 Å². The molecule has 0 aliphatic carbocycles. The molecule has 2 atom stereocenters. The van der Waals surface area contributed by atoms with Gasteiger partial charge in [-0.05, 0) is 32.5 Å². The summed E-state index contributed by atoms with van der Waals surface area (Å²) >= 11 is 0. The molecular formula is C16H20N4O3. The number of rotatable bonds is 5. The first kappa shape index (κ1) is 15.5. The van der Waals surface area contributed by atoms with E-state index in [9.17, 15) is 4.79 Å². The molecule has 0 saturated carbocycles. The second-order valence-electron chi connectivity index (χ2n) is 5.74. The molecule has 2 heterocycles. The number of carbonyl (C=O) groups is 1. The average molecular weight is 316 g/mol. The molecule has 1 aliphatic heterocycles. The Kier molecular flexibility index (Phi) is 4.57. The van der Waals surface area contributed by atoms with Gasteiger partial charge >= 0.3 is 0 Å². The fourth-order valence-corrected chi connectivity index (χ4v) is 2.78. The van der Waals surface area contributed by atoms with Crippen molar-refractivity contribution in [1.82, 2.24) is 20.4 Å². The highest BCUT2D eigenvalue weighted by Gasteiger charge is 2.34. The number of benzene rings is 1. The van der Waals surface area contributed by atoms with Gasteiger partial charge in [0, 0.05) is 12.6 Å². The summed E-state index contributed by atoms with van der Waals surface area (Å²) in [6.45, 7) is 2.54. The third-order valence-electron chi connectivity index (χ3n) is 3.85. The lowest BCUT2D eigenvalue weighted by Gasteiger charge is -2.14. The van der Waals surface area contributed by atoms with Gasteiger partial charge in [0.05, 0.1) is 6.04 Å². The van der Waals surface area contributed by atoms with Gasteiger partial charge < -0.3 is 14.6 Å². The highest BCUT2D eigenvalue weighted by atomic mass is 16.5. The lowest BCUT2D eigenvalue weighted by atomic mass is 10.1. The maximum atomic E-state index is 12.0. The zero-order chi connectivity index (χ0) is 16.2. The summed E-state index contributed by atoms with van der Waals surface area (Å²) < 4.78 is 10.7. The van der Waals surface area contributed by atoms with Gasteiger partial charge in [0.1, 0.15) is 5.75 Å². The van der Waals surface area contributed by atoms with Gasteiger partial charge in [-0.3, -0.25) is 9.69 Å². The number of amides is 1. The molecule has 2 aromatic rings. The van der Waals surface area contributed by atoms with Crippen molar-refractivity contribution in [3.63, 3.8) is 0 Å². The van der Waals surface area contributed by atoms with E-state index < -0.39 is 0 Å². The zero-order valence-corrected chi connectivity index (χ0v) is 13.2. The molecule has 0 spiro atoms. The van der Waals surface area contributed by atoms with Crippen LogP contribution in [-0.4, -0.2) is 47.2 Å². The van der Waals surface area contributed by atoms with Crippen LogP contribution < -0.4 is 10.1 Å². The largest absolute Gasteiger partial charge is 0.484 e. The van der Waals surface area contributed by atoms with Gasteiger partial charge in [0.15, 0.2) is 12.4 Å². The second kappa shape index (κ2) is 6.78. The molecule has 7 heteroatoms. The van der Waals surface area contributed by atoms with Crippen molar-refractivity contribution in [2.75, 3.05) is 20.2 Å². The number of para-hydroxylation sites is 1. The Morgan fingerprint density at radius 1 is 1.43 bits per heavy atom. The Morgan fingerprint density at radius 3 is 2.91 bits per heavy atom. The van der Waals surface area contributed by atoms with Crippen molar-refractivity contribution in [1.29, 1.82) is 0 Å². The molecule has 3 rings (SSSR count). The number of ether oxygens (including phenoxy) is 1. The minimum Gasteiger partial charge on any atom is -0.484 e. The van der Waals surface area contributed by atoms with Crippen molar-refractivity contribution >= 4 is 5.91 Å². The first-order valence-corrected chi connectivity index (χ1v) is 7.59. The number of aromatic nitrogens is 2. The van der Waals surface area contributed by atoms with Crippen molar-refractivity contribution in [2.45, 2.75) is 25.4 Å². The Bertz CT molecular complexity index is 658. The van der Waals surface area contributed by atoms with E-state index in [1.165, 1.54) is 0 Å². The molecule has 0 radical (unpaired) electrons. The van der Waals surface area contributed by atoms with Crippen LogP contribution in [0.15, 0.2) is 34.9 Å². The number of hydrogen-bond donors (Lipinski definition) is 1. The fraction of sp³-hybridized carbons (Fsp3) is 0.438. The van der Waals surface area contributed by atoms with E-state index in [2.05, 4.69) is 20.4 Å². The summed E-state index contributed by atoms with van der Waals surface area (Å²) in [6.07, 6.45) is 0.745. The summed E-state index contributed by atoms with van der Waals surface area (Å²) in [7, 11) is 1.98. The monoisotopic (exact) mass is 316 g/mol. The topological polar surface area (TPSA) is 80.5 Å². The standard InChI is InChI=1S/C16H20N4O3/c1-11-17-16(23-19-11)14-8-12(9-20(14)2)18-15(21)10-22-13-6-4-3-5-7-13/h3-7,12,14H,8-10H2,1-2H3,(H,18,21)/t12-,14?/m0/s1. The summed E-state index contributed by atoms with van der Waals surface area (Å²) in [5.74, 6) is 1.78. The smallest absolute Gasteiger partial charge is 0.258 e. The third-order valence-corrected chi connectivity index (χ3v) is 3.85. The first-order chi connectivity index (χ1) is 11.1. The Labute approximate surface area is 134 Å². The van der Waals surface area contributed by atoms with Crippen molar-refractivity contribution in [3.8, 4) is 5.75 Å². The van der Waals surface area contributed by atoms with E-state index in [0.29, 0.717) is 17.5 Å². The fourth-order valence-electron chi connectivity index (χ4n) is 2.78. The number of nitrogens with zero attached hydrogens (tertiary/aromatic N) is 3. The van der Waals surface area contributed by atoms with E-state index in [1.807, 2.05) is 37.4 Å². The molecular weight excluding hydrogens is 296 g/mol. The van der Waals surface area contributed by atoms with E-state index in [0.717, 1.165) is 13.0 Å². The van der Waals surface area contributed by atoms with E-state index in [-0.39, 0.29) is 24.6 Å². The van der Waals surface area contributed by atoms with Crippen molar-refractivity contribution in [2.24, 2.45) is 0 Å². The zero-order valence-electron chi connectivity index (χ0n) is 13.2. The number of hydrogen-bond acceptors (Lipinski definition) is 6. The third kappa shape index (κ3) is 3.87. The van der Waals surface area contributed by atoms with Gasteiger partial charge in [0.25, 0.3) is 5.91 Å². The van der Waals surface area contributed by atoms with Crippen LogP contribution in [0.4, 0.5) is 0 Å². The van der Waals surface area contributed by atoms with Crippen molar-refractivity contribution < 1.29 is 14.1 Å². The maximum Gasteiger partial charge on any atom is 0.258 e. The highest BCUT2D eigenvalue weighted by Crippen LogP contribution is 2.29. The average Bonchev–Trinajstić information content (AvgIpc) is 3.12. The van der Waals surface area contributed by atoms with E-state index in [4.69, 9.17) is 9.26 Å². The van der Waals surface area contributed by atoms with Crippen LogP contribution >= 0.6 is 0 Å². The Balaban J connectivity index is 1.50. The van der Waals surface area contributed by atoms with Crippen LogP contribution in [0.1, 0.15) is 24.2 Å². The first-order valence-electron chi connectivity index (χ1n) is 7.59. The number of likely N-dealkylation sites (N-methyl/N-ethyl adjacent to an activating group) is 1. The molecule has 23 heavy (non-hydrogen) atoms. The predicted molar refractivity (Wildman–Crippen MR) is 82.9 cm³/mol. The molecule has 1 amide bonds. The Hall–Kier alpha value is -2.41. The van der Waals surface area contributed by atoms with E-state index in [1.54, 1.807) is 6.92 Å². The van der Waals surface area contributed by atoms with Crippen molar-refractivity contribution in [3.05, 3.63) is 42.0 Å². The number of nitrogens with one attached hydrogen (secondary N) is 1. The number of aryl methyl sites for hydroxylation is 1. The maximum absolute atomic E-state index is 12.0. The highest BCUT2D eigenvalue weighted by molar-refractivity contribution is 5.77. The summed E-state index contributed by atoms with van der Waals surface area (Å²) in [5, 5.41) is 6.82. The van der Waals surface area contributed by atoms with Gasteiger partial charge in [-0.15, -0.1) is 0 Å². The number of carbonyl (C=O) groups excluding carboxylic acids is 1. The molecule has 1 fully saturated rings. The lowest BCUT2D eigenvalue weighted by molar-refractivity contribution is -0.123. The Morgan fingerprint density at radius 2 is 2.22 bits per heavy atom. The second-order valence-corrected chi connectivity index (χ2v) is 5.74. The van der Waals surface area contributed by atoms with Gasteiger partial charge in [-0.1, -0.05) is 23.4 Å². The summed E-state index contributed by atoms with van der Waals surface area (Å²) in [6, 6.07) is 9.38. The van der Waals surface area contributed by atoms with Gasteiger partial charge in [0.2, 0.25) is 5.89 Å². The van der Waals surface area contributed by atoms with Crippen LogP contribution in [0.5, 0.6) is 5.75 Å². The SMILES string of the molecule is Cc1noc(C2C[C@H](NC(=O)COc3ccccc3)CN2C)n1. The summed E-state index contributed by atoms with van der Waals surface area (Å²) in [5.41, 5.74) is 0. The normalized spacial score (nSPS) is 21.3. The van der Waals surface area contributed by atoms with Crippen LogP contribution in [0.3, 0.4) is 0 Å². The predicted octanol–water partition coefficient (Wildman–Crippen LogP) is 1.32. The number of likely N-dealkylation sites (tertiary alicyclic amines) is 1. The van der Waals surface area contributed by atoms with Crippen LogP contribution in [0.2, 0.25) is 0 Å². The summed E-state index contributed by atoms with van der Waals surface area (Å²) in [4.78, 5) is 18.4. The molecule has 1 saturated heterocycles. The minimum atomic E-state index is -0.130. The van der Waals surface area contributed by atoms with Crippen LogP contribution in [0.25, 0.3) is 0 Å². The van der Waals surface area contributed by atoms with Crippen LogP contribution in [-0.2, 0) is 4.79 Å². The minimum absolute atomic E-state index is 0.00849. The molecule has 1 aromatic carbocycles. The quantitative estimate of drug-likeness (QED) is 0.896. The van der Waals surface area contributed by atoms with Gasteiger partial charge in [-0.2, -0.15) is 4.98 Å². The molecule has 1 aromatic heterocycles.